The lowest BCUT2D eigenvalue weighted by atomic mass is 10.2. The SMILES string of the molecule is Cc1ccccc1NC(=O)NNC(=O)c1ccc(-n2cccc2)cc1. The van der Waals surface area contributed by atoms with Gasteiger partial charge in [0.15, 0.2) is 0 Å². The fraction of sp³-hybridized carbons (Fsp3) is 0.0526. The van der Waals surface area contributed by atoms with Gasteiger partial charge in [-0.3, -0.25) is 10.2 Å². The summed E-state index contributed by atoms with van der Waals surface area (Å²) in [7, 11) is 0. The molecule has 0 saturated carbocycles. The Kier molecular flexibility index (Phi) is 4.80. The summed E-state index contributed by atoms with van der Waals surface area (Å²) in [6.07, 6.45) is 3.85. The molecular weight excluding hydrogens is 316 g/mol. The van der Waals surface area contributed by atoms with Crippen molar-refractivity contribution in [2.45, 2.75) is 6.92 Å². The van der Waals surface area contributed by atoms with E-state index in [0.717, 1.165) is 11.3 Å². The van der Waals surface area contributed by atoms with Crippen LogP contribution in [0.15, 0.2) is 73.1 Å². The standard InChI is InChI=1S/C19H18N4O2/c1-14-6-2-3-7-17(14)20-19(25)22-21-18(24)15-8-10-16(11-9-15)23-12-4-5-13-23/h2-13H,1H3,(H,21,24)(H2,20,22,25). The van der Waals surface area contributed by atoms with E-state index in [1.807, 2.05) is 66.3 Å². The number of anilines is 1. The van der Waals surface area contributed by atoms with Crippen molar-refractivity contribution in [1.29, 1.82) is 0 Å². The van der Waals surface area contributed by atoms with Gasteiger partial charge in [-0.2, -0.15) is 0 Å². The first-order valence-electron chi connectivity index (χ1n) is 7.80. The molecule has 0 aliphatic carbocycles. The zero-order valence-corrected chi connectivity index (χ0v) is 13.7. The van der Waals surface area contributed by atoms with E-state index in [0.29, 0.717) is 11.3 Å². The third kappa shape index (κ3) is 4.06. The van der Waals surface area contributed by atoms with Crippen LogP contribution in [-0.2, 0) is 0 Å². The molecular formula is C19H18N4O2. The summed E-state index contributed by atoms with van der Waals surface area (Å²) in [5.74, 6) is -0.390. The highest BCUT2D eigenvalue weighted by Crippen LogP contribution is 2.12. The highest BCUT2D eigenvalue weighted by Gasteiger charge is 2.08. The summed E-state index contributed by atoms with van der Waals surface area (Å²) in [5, 5.41) is 2.68. The highest BCUT2D eigenvalue weighted by molar-refractivity contribution is 5.97. The van der Waals surface area contributed by atoms with Crippen molar-refractivity contribution >= 4 is 17.6 Å². The zero-order valence-electron chi connectivity index (χ0n) is 13.7. The molecule has 0 radical (unpaired) electrons. The van der Waals surface area contributed by atoms with Crippen LogP contribution < -0.4 is 16.2 Å². The van der Waals surface area contributed by atoms with Gasteiger partial charge in [0.2, 0.25) is 0 Å². The predicted molar refractivity (Wildman–Crippen MR) is 96.6 cm³/mol. The number of aryl methyl sites for hydroxylation is 1. The maximum absolute atomic E-state index is 12.1. The van der Waals surface area contributed by atoms with E-state index >= 15 is 0 Å². The van der Waals surface area contributed by atoms with Crippen molar-refractivity contribution in [2.75, 3.05) is 5.32 Å². The number of carbonyl (C=O) groups is 2. The van der Waals surface area contributed by atoms with Crippen LogP contribution in [0, 0.1) is 6.92 Å². The molecule has 6 heteroatoms. The van der Waals surface area contributed by atoms with Crippen molar-refractivity contribution in [3.05, 3.63) is 84.2 Å². The lowest BCUT2D eigenvalue weighted by Gasteiger charge is -2.11. The third-order valence-electron chi connectivity index (χ3n) is 3.71. The number of amides is 3. The minimum atomic E-state index is -0.508. The second-order valence-corrected chi connectivity index (χ2v) is 5.49. The summed E-state index contributed by atoms with van der Waals surface area (Å²) in [6.45, 7) is 1.89. The van der Waals surface area contributed by atoms with Gasteiger partial charge < -0.3 is 9.88 Å². The zero-order chi connectivity index (χ0) is 17.6. The van der Waals surface area contributed by atoms with E-state index in [9.17, 15) is 9.59 Å². The lowest BCUT2D eigenvalue weighted by Crippen LogP contribution is -2.44. The van der Waals surface area contributed by atoms with Crippen LogP contribution in [-0.4, -0.2) is 16.5 Å². The minimum absolute atomic E-state index is 0.390. The molecule has 3 aromatic rings. The first kappa shape index (κ1) is 16.3. The van der Waals surface area contributed by atoms with Crippen molar-refractivity contribution in [3.8, 4) is 5.69 Å². The number of nitrogens with zero attached hydrogens (tertiary/aromatic N) is 1. The molecule has 25 heavy (non-hydrogen) atoms. The van der Waals surface area contributed by atoms with Gasteiger partial charge in [-0.05, 0) is 55.0 Å². The van der Waals surface area contributed by atoms with Crippen LogP contribution >= 0.6 is 0 Å². The number of benzene rings is 2. The molecule has 0 unspecified atom stereocenters. The molecule has 0 atom stereocenters. The van der Waals surface area contributed by atoms with Gasteiger partial charge in [-0.15, -0.1) is 0 Å². The smallest absolute Gasteiger partial charge is 0.324 e. The van der Waals surface area contributed by atoms with Crippen LogP contribution in [0.25, 0.3) is 5.69 Å². The van der Waals surface area contributed by atoms with Crippen LogP contribution in [0.1, 0.15) is 15.9 Å². The van der Waals surface area contributed by atoms with E-state index in [2.05, 4.69) is 16.2 Å². The third-order valence-corrected chi connectivity index (χ3v) is 3.71. The molecule has 1 aromatic heterocycles. The second-order valence-electron chi connectivity index (χ2n) is 5.49. The number of aromatic nitrogens is 1. The largest absolute Gasteiger partial charge is 0.337 e. The number of urea groups is 1. The molecule has 1 heterocycles. The number of hydrogen-bond acceptors (Lipinski definition) is 2. The Hall–Kier alpha value is -3.54. The minimum Gasteiger partial charge on any atom is -0.324 e. The summed E-state index contributed by atoms with van der Waals surface area (Å²) in [5.41, 5.74) is 7.75. The average molecular weight is 334 g/mol. The molecule has 0 saturated heterocycles. The van der Waals surface area contributed by atoms with Crippen molar-refractivity contribution in [2.24, 2.45) is 0 Å². The Morgan fingerprint density at radius 1 is 0.840 bits per heavy atom. The Labute approximate surface area is 145 Å². The van der Waals surface area contributed by atoms with Gasteiger partial charge >= 0.3 is 6.03 Å². The van der Waals surface area contributed by atoms with E-state index in [-0.39, 0.29) is 5.91 Å². The second kappa shape index (κ2) is 7.35. The summed E-state index contributed by atoms with van der Waals surface area (Å²) in [6, 6.07) is 17.8. The Morgan fingerprint density at radius 2 is 1.52 bits per heavy atom. The molecule has 3 amide bonds. The molecule has 3 N–H and O–H groups in total. The van der Waals surface area contributed by atoms with Crippen LogP contribution in [0.2, 0.25) is 0 Å². The normalized spacial score (nSPS) is 10.1. The average Bonchev–Trinajstić information content (AvgIpc) is 3.16. The molecule has 6 nitrogen and oxygen atoms in total. The quantitative estimate of drug-likeness (QED) is 0.643. The van der Waals surface area contributed by atoms with Crippen LogP contribution in [0.4, 0.5) is 10.5 Å². The number of nitrogens with one attached hydrogen (secondary N) is 3. The van der Waals surface area contributed by atoms with Crippen molar-refractivity contribution < 1.29 is 9.59 Å². The first-order valence-corrected chi connectivity index (χ1v) is 7.80. The monoisotopic (exact) mass is 334 g/mol. The van der Waals surface area contributed by atoms with Gasteiger partial charge in [0.1, 0.15) is 0 Å². The number of carbonyl (C=O) groups excluding carboxylic acids is 2. The fourth-order valence-corrected chi connectivity index (χ4v) is 2.34. The van der Waals surface area contributed by atoms with Crippen LogP contribution in [0.5, 0.6) is 0 Å². The van der Waals surface area contributed by atoms with Crippen LogP contribution in [0.3, 0.4) is 0 Å². The molecule has 0 spiro atoms. The summed E-state index contributed by atoms with van der Waals surface area (Å²) >= 11 is 0. The molecule has 0 bridgehead atoms. The van der Waals surface area contributed by atoms with Gasteiger partial charge in [0.05, 0.1) is 0 Å². The van der Waals surface area contributed by atoms with Gasteiger partial charge in [-0.25, -0.2) is 10.2 Å². The maximum Gasteiger partial charge on any atom is 0.337 e. The summed E-state index contributed by atoms with van der Waals surface area (Å²) in [4.78, 5) is 24.0. The molecule has 0 fully saturated rings. The first-order chi connectivity index (χ1) is 12.1. The van der Waals surface area contributed by atoms with E-state index < -0.39 is 6.03 Å². The van der Waals surface area contributed by atoms with Crippen molar-refractivity contribution in [3.63, 3.8) is 0 Å². The van der Waals surface area contributed by atoms with E-state index in [4.69, 9.17) is 0 Å². The lowest BCUT2D eigenvalue weighted by molar-refractivity contribution is 0.0938. The Morgan fingerprint density at radius 3 is 2.20 bits per heavy atom. The number of para-hydroxylation sites is 1. The Balaban J connectivity index is 1.55. The number of hydrogen-bond donors (Lipinski definition) is 3. The van der Waals surface area contributed by atoms with E-state index in [1.165, 1.54) is 0 Å². The molecule has 0 aliphatic heterocycles. The van der Waals surface area contributed by atoms with Crippen molar-refractivity contribution in [1.82, 2.24) is 15.4 Å². The highest BCUT2D eigenvalue weighted by atomic mass is 16.2. The molecule has 0 aliphatic rings. The topological polar surface area (TPSA) is 75.2 Å². The van der Waals surface area contributed by atoms with Gasteiger partial charge in [0.25, 0.3) is 5.91 Å². The molecule has 126 valence electrons. The predicted octanol–water partition coefficient (Wildman–Crippen LogP) is 3.25. The summed E-state index contributed by atoms with van der Waals surface area (Å²) < 4.78 is 1.94. The fourth-order valence-electron chi connectivity index (χ4n) is 2.34. The molecule has 2 aromatic carbocycles. The van der Waals surface area contributed by atoms with E-state index in [1.54, 1.807) is 18.2 Å². The van der Waals surface area contributed by atoms with Gasteiger partial charge in [-0.1, -0.05) is 18.2 Å². The van der Waals surface area contributed by atoms with Gasteiger partial charge in [0, 0.05) is 29.3 Å². The Bertz CT molecular complexity index is 871. The number of hydrazine groups is 1. The number of rotatable bonds is 3. The molecule has 3 rings (SSSR count). The maximum atomic E-state index is 12.1.